The molecule has 2 heterocycles. The average Bonchev–Trinajstić information content (AvgIpc) is 3.20. The number of nitrogen functional groups attached to an aromatic ring is 2. The first kappa shape index (κ1) is 47.7. The molecule has 2 fully saturated rings. The fraction of sp³-hybridized carbons (Fsp3) is 0.421. The minimum Gasteiger partial charge on any atom is -0.496 e. The lowest BCUT2D eigenvalue weighted by Gasteiger charge is -2.29. The number of rotatable bonds is 14. The molecule has 17 nitrogen and oxygen atoms in total. The van der Waals surface area contributed by atoms with Crippen LogP contribution in [0, 0.1) is 23.3 Å². The molecule has 0 amide bonds. The van der Waals surface area contributed by atoms with Crippen molar-refractivity contribution in [1.82, 2.24) is 29.4 Å². The highest BCUT2D eigenvalue weighted by Crippen LogP contribution is 2.31. The van der Waals surface area contributed by atoms with E-state index in [1.165, 1.54) is 26.5 Å². The molecule has 0 aliphatic heterocycles. The molecular formula is C38H46F4N10O7S3. The van der Waals surface area contributed by atoms with Crippen molar-refractivity contribution in [3.05, 3.63) is 82.2 Å². The van der Waals surface area contributed by atoms with E-state index in [0.29, 0.717) is 38.5 Å². The Labute approximate surface area is 361 Å². The highest BCUT2D eigenvalue weighted by atomic mass is 32.2. The largest absolute Gasteiger partial charge is 0.496 e. The highest BCUT2D eigenvalue weighted by Gasteiger charge is 2.28. The Balaban J connectivity index is 0.000000234. The molecule has 0 atom stereocenters. The van der Waals surface area contributed by atoms with Gasteiger partial charge in [-0.3, -0.25) is 4.79 Å². The normalized spacial score (nSPS) is 19.1. The van der Waals surface area contributed by atoms with Crippen LogP contribution in [-0.4, -0.2) is 98.3 Å². The molecule has 2 aliphatic carbocycles. The van der Waals surface area contributed by atoms with E-state index >= 15 is 0 Å². The van der Waals surface area contributed by atoms with Gasteiger partial charge in [-0.25, -0.2) is 53.8 Å². The summed E-state index contributed by atoms with van der Waals surface area (Å²) in [5.74, 6) is -5.41. The Kier molecular flexibility index (Phi) is 15.6. The number of carbonyl (C=O) groups excluding carboxylic acids is 1. The van der Waals surface area contributed by atoms with Gasteiger partial charge < -0.3 is 31.6 Å². The molecule has 2 aromatic heterocycles. The van der Waals surface area contributed by atoms with Crippen LogP contribution in [0.15, 0.2) is 36.7 Å². The number of hydrogen-bond donors (Lipinski definition) is 6. The van der Waals surface area contributed by atoms with E-state index in [1.54, 1.807) is 0 Å². The van der Waals surface area contributed by atoms with E-state index in [2.05, 4.69) is 40.0 Å². The van der Waals surface area contributed by atoms with Crippen LogP contribution in [0.2, 0.25) is 0 Å². The molecule has 0 spiro atoms. The van der Waals surface area contributed by atoms with Gasteiger partial charge >= 0.3 is 0 Å². The van der Waals surface area contributed by atoms with Gasteiger partial charge in [0.15, 0.2) is 23.3 Å². The second kappa shape index (κ2) is 20.3. The number of nitrogens with two attached hydrogens (primary N) is 2. The zero-order valence-corrected chi connectivity index (χ0v) is 36.4. The Hall–Kier alpha value is -5.30. The van der Waals surface area contributed by atoms with Gasteiger partial charge in [0.2, 0.25) is 37.7 Å². The quantitative estimate of drug-likeness (QED) is 0.0588. The molecule has 0 bridgehead atoms. The first-order valence-electron chi connectivity index (χ1n) is 19.0. The minimum atomic E-state index is -3.26. The fourth-order valence-corrected chi connectivity index (χ4v) is 9.09. The number of thiocarbonyl (C=S) groups is 1. The molecule has 62 heavy (non-hydrogen) atoms. The van der Waals surface area contributed by atoms with Crippen molar-refractivity contribution in [2.45, 2.75) is 75.5 Å². The second-order valence-electron chi connectivity index (χ2n) is 14.7. The van der Waals surface area contributed by atoms with Gasteiger partial charge in [-0.1, -0.05) is 12.2 Å². The lowest BCUT2D eigenvalue weighted by molar-refractivity contribution is 0.103. The lowest BCUT2D eigenvalue weighted by Crippen LogP contribution is -2.39. The number of methoxy groups -OCH3 is 2. The summed E-state index contributed by atoms with van der Waals surface area (Å²) in [6.07, 6.45) is 10.2. The minimum absolute atomic E-state index is 0.000630. The van der Waals surface area contributed by atoms with Gasteiger partial charge in [0.25, 0.3) is 0 Å². The number of sulfonamides is 2. The monoisotopic (exact) mass is 926 g/mol. The second-order valence-corrected chi connectivity index (χ2v) is 18.7. The molecule has 24 heteroatoms. The summed E-state index contributed by atoms with van der Waals surface area (Å²) in [5.41, 5.74) is 11.1. The van der Waals surface area contributed by atoms with Crippen LogP contribution < -0.4 is 41.0 Å². The molecule has 2 aromatic carbocycles. The number of benzene rings is 2. The Morgan fingerprint density at radius 3 is 1.40 bits per heavy atom. The number of hydrogen-bond acceptors (Lipinski definition) is 16. The molecule has 8 N–H and O–H groups in total. The van der Waals surface area contributed by atoms with Crippen LogP contribution in [0.5, 0.6) is 11.5 Å². The Morgan fingerprint density at radius 2 is 1.02 bits per heavy atom. The summed E-state index contributed by atoms with van der Waals surface area (Å²) in [5, 5.41) is 6.28. The van der Waals surface area contributed by atoms with Crippen LogP contribution >= 0.6 is 12.2 Å². The van der Waals surface area contributed by atoms with Gasteiger partial charge in [0.1, 0.15) is 28.7 Å². The molecule has 0 saturated heterocycles. The van der Waals surface area contributed by atoms with Crippen molar-refractivity contribution in [2.24, 2.45) is 0 Å². The first-order valence-corrected chi connectivity index (χ1v) is 23.2. The summed E-state index contributed by atoms with van der Waals surface area (Å²) in [7, 11) is -3.93. The van der Waals surface area contributed by atoms with Crippen LogP contribution in [0.1, 0.15) is 78.4 Å². The number of nitrogens with one attached hydrogen (secondary N) is 4. The Bertz CT molecular complexity index is 2350. The molecule has 336 valence electrons. The van der Waals surface area contributed by atoms with Gasteiger partial charge in [0, 0.05) is 36.6 Å². The van der Waals surface area contributed by atoms with E-state index in [0.717, 1.165) is 49.7 Å². The van der Waals surface area contributed by atoms with Crippen LogP contribution in [0.3, 0.4) is 0 Å². The van der Waals surface area contributed by atoms with Crippen molar-refractivity contribution in [1.29, 1.82) is 0 Å². The van der Waals surface area contributed by atoms with E-state index in [1.807, 2.05) is 0 Å². The van der Waals surface area contributed by atoms with E-state index < -0.39 is 54.7 Å². The predicted octanol–water partition coefficient (Wildman–Crippen LogP) is 4.23. The topological polar surface area (TPSA) is 256 Å². The smallest absolute Gasteiger partial charge is 0.224 e. The third kappa shape index (κ3) is 12.4. The zero-order valence-electron chi connectivity index (χ0n) is 34.0. The number of nitrogens with zero attached hydrogens (tertiary/aromatic N) is 4. The molecule has 0 unspecified atom stereocenters. The number of halogens is 4. The summed E-state index contributed by atoms with van der Waals surface area (Å²) in [6, 6.07) is 4.08. The maximum absolute atomic E-state index is 14.4. The van der Waals surface area contributed by atoms with Crippen LogP contribution in [0.4, 0.5) is 41.1 Å². The molecule has 2 aliphatic rings. The SMILES string of the molecule is COc1ccc(F)c(F)c1C(=O)c1cnc(NC2CCC(NS(C)(=O)=O)CC2)nc1N.COc1ccc(F)c(F)c1C(=S)c1cnc(NC2CCC(NS(C)(=O)=O)CC2)nc1N. The van der Waals surface area contributed by atoms with Crippen molar-refractivity contribution in [2.75, 3.05) is 48.8 Å². The van der Waals surface area contributed by atoms with Gasteiger partial charge in [-0.05, 0) is 75.6 Å². The molecule has 6 rings (SSSR count). The van der Waals surface area contributed by atoms with E-state index in [-0.39, 0.29) is 80.8 Å². The average molecular weight is 927 g/mol. The van der Waals surface area contributed by atoms with Crippen LogP contribution in [-0.2, 0) is 20.0 Å². The number of aromatic nitrogens is 4. The zero-order chi connectivity index (χ0) is 45.5. The fourth-order valence-electron chi connectivity index (χ4n) is 7.06. The molecule has 4 aromatic rings. The number of ether oxygens (including phenoxy) is 2. The number of carbonyl (C=O) groups is 1. The molecule has 2 saturated carbocycles. The number of anilines is 4. The summed E-state index contributed by atoms with van der Waals surface area (Å²) in [4.78, 5) is 29.2. The maximum atomic E-state index is 14.4. The highest BCUT2D eigenvalue weighted by molar-refractivity contribution is 7.89. The maximum Gasteiger partial charge on any atom is 0.224 e. The lowest BCUT2D eigenvalue weighted by atomic mass is 9.92. The Morgan fingerprint density at radius 1 is 0.645 bits per heavy atom. The number of ketones is 1. The van der Waals surface area contributed by atoms with E-state index in [9.17, 15) is 39.2 Å². The molecule has 0 radical (unpaired) electrons. The van der Waals surface area contributed by atoms with E-state index in [4.69, 9.17) is 33.2 Å². The summed E-state index contributed by atoms with van der Waals surface area (Å²) >= 11 is 5.31. The third-order valence-electron chi connectivity index (χ3n) is 10.0. The first-order chi connectivity index (χ1) is 29.2. The summed E-state index contributed by atoms with van der Waals surface area (Å²) < 4.78 is 117. The van der Waals surface area contributed by atoms with Crippen molar-refractivity contribution in [3.63, 3.8) is 0 Å². The van der Waals surface area contributed by atoms with Crippen molar-refractivity contribution in [3.8, 4) is 11.5 Å². The van der Waals surface area contributed by atoms with Gasteiger partial charge in [0.05, 0.1) is 48.3 Å². The summed E-state index contributed by atoms with van der Waals surface area (Å²) in [6.45, 7) is 0. The predicted molar refractivity (Wildman–Crippen MR) is 228 cm³/mol. The van der Waals surface area contributed by atoms with Gasteiger partial charge in [-0.15, -0.1) is 0 Å². The molecular weight excluding hydrogens is 881 g/mol. The van der Waals surface area contributed by atoms with Crippen molar-refractivity contribution >= 4 is 66.4 Å². The third-order valence-corrected chi connectivity index (χ3v) is 12.0. The standard InChI is InChI=1S/C19H23F2N5O4S.C19H23F2N5O3S2/c1-30-14-8-7-13(20)16(21)15(14)17(27)12-9-23-19(25-18(12)22)24-10-3-5-11(6-4-10)26-31(2,28)29;1-29-14-8-7-13(20)16(21)15(14)17(30)12-9-23-19(25-18(12)22)24-10-3-5-11(6-4-10)26-31(2,27)28/h2*7-11,26H,3-6H2,1-2H3,(H3,22,23,24,25). The van der Waals surface area contributed by atoms with Crippen molar-refractivity contribution < 1.29 is 48.7 Å². The van der Waals surface area contributed by atoms with Crippen LogP contribution in [0.25, 0.3) is 0 Å². The van der Waals surface area contributed by atoms with Gasteiger partial charge in [-0.2, -0.15) is 9.97 Å².